The zero-order valence-corrected chi connectivity index (χ0v) is 7.63. The molecule has 0 aliphatic heterocycles. The second-order valence-electron chi connectivity index (χ2n) is 2.60. The van der Waals surface area contributed by atoms with Crippen molar-refractivity contribution in [1.29, 1.82) is 0 Å². The molecule has 0 aliphatic carbocycles. The fraction of sp³-hybridized carbons (Fsp3) is 0.273. The summed E-state index contributed by atoms with van der Waals surface area (Å²) < 4.78 is 5.29. The fourth-order valence-corrected chi connectivity index (χ4v) is 1.29. The molecule has 0 amide bonds. The van der Waals surface area contributed by atoms with Gasteiger partial charge in [-0.05, 0) is 12.0 Å². The molecule has 1 aromatic carbocycles. The average Bonchev–Trinajstić information content (AvgIpc) is 2.16. The Hall–Kier alpha value is -1.24. The van der Waals surface area contributed by atoms with Crippen LogP contribution in [0.3, 0.4) is 0 Å². The molecule has 0 aliphatic rings. The molecular weight excluding hydrogens is 148 g/mol. The molecule has 12 heavy (non-hydrogen) atoms. The summed E-state index contributed by atoms with van der Waals surface area (Å²) in [6, 6.07) is 6.11. The average molecular weight is 162 g/mol. The Bertz CT molecular complexity index is 276. The van der Waals surface area contributed by atoms with Crippen molar-refractivity contribution >= 4 is 6.08 Å². The van der Waals surface area contributed by atoms with E-state index in [0.29, 0.717) is 0 Å². The van der Waals surface area contributed by atoms with Crippen LogP contribution in [0.2, 0.25) is 0 Å². The molecule has 0 radical (unpaired) electrons. The lowest BCUT2D eigenvalue weighted by Gasteiger charge is -2.08. The molecule has 1 aromatic rings. The van der Waals surface area contributed by atoms with Crippen molar-refractivity contribution in [3.63, 3.8) is 0 Å². The molecule has 0 fully saturated rings. The number of hydrogen-bond acceptors (Lipinski definition) is 1. The van der Waals surface area contributed by atoms with Crippen LogP contribution in [-0.4, -0.2) is 7.11 Å². The number of methoxy groups -OCH3 is 1. The maximum absolute atomic E-state index is 5.29. The molecule has 0 bridgehead atoms. The van der Waals surface area contributed by atoms with E-state index >= 15 is 0 Å². The van der Waals surface area contributed by atoms with Gasteiger partial charge in [-0.1, -0.05) is 37.8 Å². The number of ether oxygens (including phenoxy) is 1. The van der Waals surface area contributed by atoms with Gasteiger partial charge in [-0.2, -0.15) is 0 Å². The number of rotatable bonds is 3. The van der Waals surface area contributed by atoms with Gasteiger partial charge < -0.3 is 4.74 Å². The highest BCUT2D eigenvalue weighted by atomic mass is 16.5. The fourth-order valence-electron chi connectivity index (χ4n) is 1.29. The summed E-state index contributed by atoms with van der Waals surface area (Å²) in [5.74, 6) is 0.954. The van der Waals surface area contributed by atoms with Crippen molar-refractivity contribution < 1.29 is 4.74 Å². The quantitative estimate of drug-likeness (QED) is 0.664. The molecule has 0 spiro atoms. The predicted octanol–water partition coefficient (Wildman–Crippen LogP) is 2.90. The number of para-hydroxylation sites is 1. The van der Waals surface area contributed by atoms with Crippen LogP contribution >= 0.6 is 0 Å². The van der Waals surface area contributed by atoms with Gasteiger partial charge in [-0.15, -0.1) is 0 Å². The van der Waals surface area contributed by atoms with Crippen molar-refractivity contribution in [2.75, 3.05) is 7.11 Å². The van der Waals surface area contributed by atoms with Gasteiger partial charge in [-0.25, -0.2) is 0 Å². The van der Waals surface area contributed by atoms with E-state index in [1.165, 1.54) is 5.56 Å². The SMILES string of the molecule is C=Cc1cccc(CC)c1OC. The Morgan fingerprint density at radius 3 is 2.75 bits per heavy atom. The molecule has 0 saturated carbocycles. The summed E-state index contributed by atoms with van der Waals surface area (Å²) in [7, 11) is 1.70. The molecule has 0 atom stereocenters. The highest BCUT2D eigenvalue weighted by Crippen LogP contribution is 2.24. The Balaban J connectivity index is 3.21. The largest absolute Gasteiger partial charge is 0.496 e. The minimum atomic E-state index is 0.954. The minimum Gasteiger partial charge on any atom is -0.496 e. The third kappa shape index (κ3) is 1.50. The molecular formula is C11H14O. The van der Waals surface area contributed by atoms with E-state index < -0.39 is 0 Å². The van der Waals surface area contributed by atoms with Crippen molar-refractivity contribution in [2.45, 2.75) is 13.3 Å². The van der Waals surface area contributed by atoms with Gasteiger partial charge in [0.05, 0.1) is 7.11 Å². The van der Waals surface area contributed by atoms with E-state index in [1.54, 1.807) is 7.11 Å². The van der Waals surface area contributed by atoms with Crippen LogP contribution in [0.1, 0.15) is 18.1 Å². The maximum Gasteiger partial charge on any atom is 0.129 e. The molecule has 0 aromatic heterocycles. The van der Waals surface area contributed by atoms with Gasteiger partial charge in [0.25, 0.3) is 0 Å². The Labute approximate surface area is 73.7 Å². The normalized spacial score (nSPS) is 9.50. The lowest BCUT2D eigenvalue weighted by atomic mass is 10.1. The third-order valence-corrected chi connectivity index (χ3v) is 1.93. The van der Waals surface area contributed by atoms with Crippen molar-refractivity contribution in [3.05, 3.63) is 35.9 Å². The summed E-state index contributed by atoms with van der Waals surface area (Å²) >= 11 is 0. The monoisotopic (exact) mass is 162 g/mol. The van der Waals surface area contributed by atoms with E-state index in [2.05, 4.69) is 19.6 Å². The Morgan fingerprint density at radius 1 is 1.50 bits per heavy atom. The molecule has 1 heteroatoms. The molecule has 0 heterocycles. The van der Waals surface area contributed by atoms with Gasteiger partial charge in [0, 0.05) is 5.56 Å². The molecule has 0 N–H and O–H groups in total. The van der Waals surface area contributed by atoms with E-state index in [4.69, 9.17) is 4.74 Å². The molecule has 0 unspecified atom stereocenters. The molecule has 0 saturated heterocycles. The van der Waals surface area contributed by atoms with Crippen molar-refractivity contribution in [1.82, 2.24) is 0 Å². The zero-order chi connectivity index (χ0) is 8.97. The summed E-state index contributed by atoms with van der Waals surface area (Å²) in [6.07, 6.45) is 2.81. The lowest BCUT2D eigenvalue weighted by Crippen LogP contribution is -1.92. The number of aryl methyl sites for hydroxylation is 1. The van der Waals surface area contributed by atoms with Crippen molar-refractivity contribution in [2.24, 2.45) is 0 Å². The van der Waals surface area contributed by atoms with Crippen LogP contribution in [0.4, 0.5) is 0 Å². The van der Waals surface area contributed by atoms with Crippen LogP contribution in [0.5, 0.6) is 5.75 Å². The topological polar surface area (TPSA) is 9.23 Å². The lowest BCUT2D eigenvalue weighted by molar-refractivity contribution is 0.409. The van der Waals surface area contributed by atoms with Crippen LogP contribution in [0, 0.1) is 0 Å². The summed E-state index contributed by atoms with van der Waals surface area (Å²) in [5, 5.41) is 0. The van der Waals surface area contributed by atoms with Crippen LogP contribution in [0.25, 0.3) is 6.08 Å². The van der Waals surface area contributed by atoms with Gasteiger partial charge in [-0.3, -0.25) is 0 Å². The van der Waals surface area contributed by atoms with Crippen LogP contribution in [0.15, 0.2) is 24.8 Å². The second kappa shape index (κ2) is 3.96. The highest BCUT2D eigenvalue weighted by Gasteiger charge is 2.03. The smallest absolute Gasteiger partial charge is 0.129 e. The second-order valence-corrected chi connectivity index (χ2v) is 2.60. The van der Waals surface area contributed by atoms with E-state index in [-0.39, 0.29) is 0 Å². The summed E-state index contributed by atoms with van der Waals surface area (Å²) in [6.45, 7) is 5.85. The molecule has 1 nitrogen and oxygen atoms in total. The van der Waals surface area contributed by atoms with Gasteiger partial charge in [0.1, 0.15) is 5.75 Å². The molecule has 64 valence electrons. The Kier molecular flexibility index (Phi) is 2.92. The van der Waals surface area contributed by atoms with Gasteiger partial charge in [0.2, 0.25) is 0 Å². The standard InChI is InChI=1S/C11H14O/c1-4-9-7-6-8-10(5-2)11(9)12-3/h4,6-8H,1,5H2,2-3H3. The number of hydrogen-bond donors (Lipinski definition) is 0. The van der Waals surface area contributed by atoms with E-state index in [1.807, 2.05) is 18.2 Å². The first-order valence-electron chi connectivity index (χ1n) is 4.11. The van der Waals surface area contributed by atoms with E-state index in [0.717, 1.165) is 17.7 Å². The van der Waals surface area contributed by atoms with Gasteiger partial charge in [0.15, 0.2) is 0 Å². The Morgan fingerprint density at radius 2 is 2.25 bits per heavy atom. The van der Waals surface area contributed by atoms with Gasteiger partial charge >= 0.3 is 0 Å². The van der Waals surface area contributed by atoms with E-state index in [9.17, 15) is 0 Å². The maximum atomic E-state index is 5.29. The van der Waals surface area contributed by atoms with Crippen LogP contribution in [-0.2, 0) is 6.42 Å². The summed E-state index contributed by atoms with van der Waals surface area (Å²) in [5.41, 5.74) is 2.30. The predicted molar refractivity (Wildman–Crippen MR) is 52.5 cm³/mol. The minimum absolute atomic E-state index is 0.954. The third-order valence-electron chi connectivity index (χ3n) is 1.93. The first-order valence-corrected chi connectivity index (χ1v) is 4.11. The summed E-state index contributed by atoms with van der Waals surface area (Å²) in [4.78, 5) is 0. The van der Waals surface area contributed by atoms with Crippen molar-refractivity contribution in [3.8, 4) is 5.75 Å². The molecule has 1 rings (SSSR count). The van der Waals surface area contributed by atoms with Crippen LogP contribution < -0.4 is 4.74 Å². The number of benzene rings is 1. The first kappa shape index (κ1) is 8.85. The highest BCUT2D eigenvalue weighted by molar-refractivity contribution is 5.58. The zero-order valence-electron chi connectivity index (χ0n) is 7.63. The first-order chi connectivity index (χ1) is 5.83.